The predicted molar refractivity (Wildman–Crippen MR) is 87.3 cm³/mol. The molecule has 0 spiro atoms. The molecule has 4 nitrogen and oxygen atoms in total. The summed E-state index contributed by atoms with van der Waals surface area (Å²) in [5.41, 5.74) is 4.75. The van der Waals surface area contributed by atoms with Crippen molar-refractivity contribution >= 4 is 28.5 Å². The lowest BCUT2D eigenvalue weighted by Gasteiger charge is -2.32. The maximum absolute atomic E-state index is 12.0. The fourth-order valence-corrected chi connectivity index (χ4v) is 4.27. The zero-order valence-corrected chi connectivity index (χ0v) is 13.8. The second kappa shape index (κ2) is 4.98. The van der Waals surface area contributed by atoms with E-state index in [-0.39, 0.29) is 0 Å². The summed E-state index contributed by atoms with van der Waals surface area (Å²) in [6, 6.07) is 0.348. The van der Waals surface area contributed by atoms with Gasteiger partial charge < -0.3 is 9.47 Å². The molecule has 0 bridgehead atoms. The fraction of sp³-hybridized carbons (Fsp3) is 0.529. The summed E-state index contributed by atoms with van der Waals surface area (Å²) in [5.74, 6) is 0.324. The molecular formula is C17H20ClN3O. The first kappa shape index (κ1) is 14.1. The molecule has 1 fully saturated rings. The number of hydrogen-bond acceptors (Lipinski definition) is 2. The molecule has 0 saturated carbocycles. The van der Waals surface area contributed by atoms with E-state index < -0.39 is 0 Å². The minimum Gasteiger partial charge on any atom is -0.339 e. The molecular weight excluding hydrogens is 298 g/mol. The number of carbonyl (C=O) groups is 1. The molecule has 0 radical (unpaired) electrons. The van der Waals surface area contributed by atoms with Crippen LogP contribution in [0.25, 0.3) is 11.0 Å². The van der Waals surface area contributed by atoms with Crippen LogP contribution in [-0.4, -0.2) is 32.9 Å². The number of aryl methyl sites for hydroxylation is 3. The number of likely N-dealkylation sites (tertiary alicyclic amines) is 1. The van der Waals surface area contributed by atoms with Crippen LogP contribution in [0.4, 0.5) is 0 Å². The van der Waals surface area contributed by atoms with Gasteiger partial charge in [0.1, 0.15) is 5.65 Å². The van der Waals surface area contributed by atoms with E-state index in [1.54, 1.807) is 6.20 Å². The molecule has 22 heavy (non-hydrogen) atoms. The molecule has 5 heteroatoms. The average Bonchev–Trinajstić information content (AvgIpc) is 3.05. The number of halogens is 1. The van der Waals surface area contributed by atoms with Crippen LogP contribution in [0.2, 0.25) is 5.02 Å². The van der Waals surface area contributed by atoms with Crippen molar-refractivity contribution in [3.05, 3.63) is 28.0 Å². The van der Waals surface area contributed by atoms with E-state index in [1.807, 2.05) is 0 Å². The Labute approximate surface area is 135 Å². The summed E-state index contributed by atoms with van der Waals surface area (Å²) in [7, 11) is 0. The summed E-state index contributed by atoms with van der Waals surface area (Å²) in [6.07, 6.45) is 5.43. The van der Waals surface area contributed by atoms with Gasteiger partial charge in [-0.3, -0.25) is 4.79 Å². The molecule has 2 aromatic heterocycles. The van der Waals surface area contributed by atoms with E-state index in [1.165, 1.54) is 16.6 Å². The molecule has 0 N–H and O–H groups in total. The quantitative estimate of drug-likeness (QED) is 0.810. The minimum atomic E-state index is 0.324. The molecule has 4 heterocycles. The van der Waals surface area contributed by atoms with Crippen LogP contribution < -0.4 is 0 Å². The molecule has 2 aliphatic heterocycles. The predicted octanol–water partition coefficient (Wildman–Crippen LogP) is 3.24. The SMILES string of the molecule is Cc1c(Cl)cnc2c1c(C)c1n2CCC(N2CCCC2=O)C1. The van der Waals surface area contributed by atoms with Crippen molar-refractivity contribution in [2.24, 2.45) is 0 Å². The zero-order valence-electron chi connectivity index (χ0n) is 13.0. The van der Waals surface area contributed by atoms with Crippen LogP contribution in [0.15, 0.2) is 6.20 Å². The Morgan fingerprint density at radius 3 is 2.82 bits per heavy atom. The van der Waals surface area contributed by atoms with Gasteiger partial charge in [-0.15, -0.1) is 0 Å². The molecule has 2 aromatic rings. The number of nitrogens with zero attached hydrogens (tertiary/aromatic N) is 3. The third kappa shape index (κ3) is 1.89. The maximum Gasteiger partial charge on any atom is 0.222 e. The Bertz CT molecular complexity index is 780. The topological polar surface area (TPSA) is 38.1 Å². The van der Waals surface area contributed by atoms with E-state index in [0.29, 0.717) is 11.9 Å². The third-order valence-corrected chi connectivity index (χ3v) is 5.69. The van der Waals surface area contributed by atoms with Crippen molar-refractivity contribution in [3.8, 4) is 0 Å². The summed E-state index contributed by atoms with van der Waals surface area (Å²) in [6.45, 7) is 6.08. The van der Waals surface area contributed by atoms with Gasteiger partial charge in [-0.1, -0.05) is 11.6 Å². The van der Waals surface area contributed by atoms with E-state index in [2.05, 4.69) is 28.3 Å². The Kier molecular flexibility index (Phi) is 3.19. The Hall–Kier alpha value is -1.55. The van der Waals surface area contributed by atoms with Crippen molar-refractivity contribution in [2.75, 3.05) is 6.54 Å². The highest BCUT2D eigenvalue weighted by Crippen LogP contribution is 2.35. The number of rotatable bonds is 1. The van der Waals surface area contributed by atoms with Crippen molar-refractivity contribution in [1.82, 2.24) is 14.5 Å². The van der Waals surface area contributed by atoms with Crippen LogP contribution in [0, 0.1) is 13.8 Å². The molecule has 2 aliphatic rings. The summed E-state index contributed by atoms with van der Waals surface area (Å²) < 4.78 is 2.32. The van der Waals surface area contributed by atoms with Gasteiger partial charge in [0.2, 0.25) is 5.91 Å². The van der Waals surface area contributed by atoms with Gasteiger partial charge in [0.15, 0.2) is 0 Å². The van der Waals surface area contributed by atoms with Gasteiger partial charge >= 0.3 is 0 Å². The smallest absolute Gasteiger partial charge is 0.222 e. The summed E-state index contributed by atoms with van der Waals surface area (Å²) in [4.78, 5) is 18.7. The van der Waals surface area contributed by atoms with Gasteiger partial charge in [-0.2, -0.15) is 0 Å². The fourth-order valence-electron chi connectivity index (χ4n) is 4.12. The zero-order chi connectivity index (χ0) is 15.4. The Morgan fingerprint density at radius 2 is 2.09 bits per heavy atom. The van der Waals surface area contributed by atoms with Gasteiger partial charge in [-0.25, -0.2) is 4.98 Å². The molecule has 4 rings (SSSR count). The molecule has 1 atom stereocenters. The Morgan fingerprint density at radius 1 is 1.27 bits per heavy atom. The number of aromatic nitrogens is 2. The average molecular weight is 318 g/mol. The molecule has 1 saturated heterocycles. The van der Waals surface area contributed by atoms with Crippen LogP contribution in [-0.2, 0) is 17.8 Å². The van der Waals surface area contributed by atoms with Crippen LogP contribution >= 0.6 is 11.6 Å². The van der Waals surface area contributed by atoms with Gasteiger partial charge in [0.25, 0.3) is 0 Å². The second-order valence-corrected chi connectivity index (χ2v) is 6.90. The lowest BCUT2D eigenvalue weighted by atomic mass is 9.99. The van der Waals surface area contributed by atoms with Gasteiger partial charge in [-0.05, 0) is 37.8 Å². The number of carbonyl (C=O) groups excluding carboxylic acids is 1. The number of pyridine rings is 1. The Balaban J connectivity index is 1.79. The highest BCUT2D eigenvalue weighted by molar-refractivity contribution is 6.32. The van der Waals surface area contributed by atoms with Crippen molar-refractivity contribution in [1.29, 1.82) is 0 Å². The standard InChI is InChI=1S/C17H20ClN3O/c1-10-13(18)9-19-17-16(10)11(2)14-8-12(5-7-21(14)17)20-6-3-4-15(20)22/h9,12H,3-8H2,1-2H3. The highest BCUT2D eigenvalue weighted by Gasteiger charge is 2.32. The van der Waals surface area contributed by atoms with Crippen molar-refractivity contribution < 1.29 is 4.79 Å². The van der Waals surface area contributed by atoms with E-state index in [9.17, 15) is 4.79 Å². The number of amides is 1. The van der Waals surface area contributed by atoms with Gasteiger partial charge in [0, 0.05) is 49.2 Å². The van der Waals surface area contributed by atoms with E-state index in [4.69, 9.17) is 11.6 Å². The van der Waals surface area contributed by atoms with Crippen molar-refractivity contribution in [2.45, 2.75) is 52.1 Å². The first-order valence-corrected chi connectivity index (χ1v) is 8.38. The lowest BCUT2D eigenvalue weighted by molar-refractivity contribution is -0.130. The molecule has 1 unspecified atom stereocenters. The largest absolute Gasteiger partial charge is 0.339 e. The third-order valence-electron chi connectivity index (χ3n) is 5.31. The summed E-state index contributed by atoms with van der Waals surface area (Å²) >= 11 is 6.25. The summed E-state index contributed by atoms with van der Waals surface area (Å²) in [5, 5.41) is 1.92. The van der Waals surface area contributed by atoms with Crippen LogP contribution in [0.1, 0.15) is 36.1 Å². The monoisotopic (exact) mass is 317 g/mol. The molecule has 0 aromatic carbocycles. The number of fused-ring (bicyclic) bond motifs is 3. The molecule has 116 valence electrons. The second-order valence-electron chi connectivity index (χ2n) is 6.49. The van der Waals surface area contributed by atoms with Crippen LogP contribution in [0.5, 0.6) is 0 Å². The maximum atomic E-state index is 12.0. The van der Waals surface area contributed by atoms with E-state index in [0.717, 1.165) is 55.0 Å². The van der Waals surface area contributed by atoms with Crippen molar-refractivity contribution in [3.63, 3.8) is 0 Å². The van der Waals surface area contributed by atoms with Crippen LogP contribution in [0.3, 0.4) is 0 Å². The first-order valence-electron chi connectivity index (χ1n) is 8.00. The normalized spacial score (nSPS) is 21.7. The minimum absolute atomic E-state index is 0.324. The molecule has 1 amide bonds. The highest BCUT2D eigenvalue weighted by atomic mass is 35.5. The first-order chi connectivity index (χ1) is 10.6. The van der Waals surface area contributed by atoms with E-state index >= 15 is 0 Å². The number of hydrogen-bond donors (Lipinski definition) is 0. The molecule has 0 aliphatic carbocycles. The lowest BCUT2D eigenvalue weighted by Crippen LogP contribution is -2.41. The van der Waals surface area contributed by atoms with Gasteiger partial charge in [0.05, 0.1) is 5.02 Å².